The molecule has 0 aliphatic heterocycles. The Morgan fingerprint density at radius 3 is 2.75 bits per heavy atom. The molecule has 0 saturated heterocycles. The SMILES string of the molecule is CCC(C)(NCc1cccc(F)c1)C(=O)O. The molecule has 4 heteroatoms. The van der Waals surface area contributed by atoms with E-state index in [-0.39, 0.29) is 5.82 Å². The van der Waals surface area contributed by atoms with Crippen molar-refractivity contribution in [1.82, 2.24) is 5.32 Å². The minimum atomic E-state index is -0.966. The molecule has 3 nitrogen and oxygen atoms in total. The molecule has 0 spiro atoms. The van der Waals surface area contributed by atoms with Crippen LogP contribution in [0.25, 0.3) is 0 Å². The number of benzene rings is 1. The molecule has 1 unspecified atom stereocenters. The molecule has 0 amide bonds. The van der Waals surface area contributed by atoms with Crippen LogP contribution in [0.15, 0.2) is 24.3 Å². The van der Waals surface area contributed by atoms with Gasteiger partial charge in [-0.3, -0.25) is 10.1 Å². The third-order valence-corrected chi connectivity index (χ3v) is 2.75. The first-order valence-corrected chi connectivity index (χ1v) is 5.21. The first kappa shape index (κ1) is 12.6. The average Bonchev–Trinajstić information content (AvgIpc) is 2.26. The molecule has 1 atom stereocenters. The van der Waals surface area contributed by atoms with Crippen LogP contribution in [0.3, 0.4) is 0 Å². The Morgan fingerprint density at radius 2 is 2.25 bits per heavy atom. The smallest absolute Gasteiger partial charge is 0.323 e. The Morgan fingerprint density at radius 1 is 1.56 bits per heavy atom. The second-order valence-electron chi connectivity index (χ2n) is 3.97. The van der Waals surface area contributed by atoms with Crippen molar-refractivity contribution in [2.24, 2.45) is 0 Å². The third-order valence-electron chi connectivity index (χ3n) is 2.75. The molecule has 0 aromatic heterocycles. The summed E-state index contributed by atoms with van der Waals surface area (Å²) in [5, 5.41) is 12.0. The van der Waals surface area contributed by atoms with E-state index in [1.54, 1.807) is 26.0 Å². The molecule has 0 fully saturated rings. The Bertz CT molecular complexity index is 381. The first-order valence-electron chi connectivity index (χ1n) is 5.21. The minimum absolute atomic E-state index is 0.312. The number of aliphatic carboxylic acids is 1. The highest BCUT2D eigenvalue weighted by Crippen LogP contribution is 2.11. The summed E-state index contributed by atoms with van der Waals surface area (Å²) in [5.74, 6) is -1.21. The average molecular weight is 225 g/mol. The summed E-state index contributed by atoms with van der Waals surface area (Å²) in [6.07, 6.45) is 0.470. The van der Waals surface area contributed by atoms with E-state index < -0.39 is 11.5 Å². The van der Waals surface area contributed by atoms with Crippen molar-refractivity contribution >= 4 is 5.97 Å². The lowest BCUT2D eigenvalue weighted by Gasteiger charge is -2.24. The van der Waals surface area contributed by atoms with Crippen molar-refractivity contribution < 1.29 is 14.3 Å². The molecule has 0 aliphatic carbocycles. The van der Waals surface area contributed by atoms with E-state index in [0.717, 1.165) is 5.56 Å². The topological polar surface area (TPSA) is 49.3 Å². The van der Waals surface area contributed by atoms with Crippen molar-refractivity contribution in [2.75, 3.05) is 0 Å². The molecule has 0 radical (unpaired) electrons. The Kier molecular flexibility index (Phi) is 4.01. The van der Waals surface area contributed by atoms with E-state index in [9.17, 15) is 9.18 Å². The second kappa shape index (κ2) is 5.07. The van der Waals surface area contributed by atoms with Gasteiger partial charge in [-0.05, 0) is 31.0 Å². The highest BCUT2D eigenvalue weighted by atomic mass is 19.1. The Balaban J connectivity index is 2.66. The lowest BCUT2D eigenvalue weighted by Crippen LogP contribution is -2.48. The van der Waals surface area contributed by atoms with Gasteiger partial charge in [0.25, 0.3) is 0 Å². The molecule has 0 bridgehead atoms. The summed E-state index contributed by atoms with van der Waals surface area (Å²) in [6, 6.07) is 6.12. The zero-order valence-electron chi connectivity index (χ0n) is 9.46. The second-order valence-corrected chi connectivity index (χ2v) is 3.97. The highest BCUT2D eigenvalue weighted by molar-refractivity contribution is 5.78. The maximum Gasteiger partial charge on any atom is 0.323 e. The van der Waals surface area contributed by atoms with Gasteiger partial charge in [0, 0.05) is 6.54 Å². The monoisotopic (exact) mass is 225 g/mol. The van der Waals surface area contributed by atoms with Gasteiger partial charge in [0.2, 0.25) is 0 Å². The number of carboxylic acids is 1. The van der Waals surface area contributed by atoms with E-state index >= 15 is 0 Å². The maximum atomic E-state index is 12.9. The normalized spacial score (nSPS) is 14.4. The minimum Gasteiger partial charge on any atom is -0.480 e. The van der Waals surface area contributed by atoms with Crippen molar-refractivity contribution in [1.29, 1.82) is 0 Å². The van der Waals surface area contributed by atoms with Crippen molar-refractivity contribution in [3.05, 3.63) is 35.6 Å². The van der Waals surface area contributed by atoms with Crippen LogP contribution in [0.4, 0.5) is 4.39 Å². The van der Waals surface area contributed by atoms with Gasteiger partial charge in [-0.25, -0.2) is 4.39 Å². The molecule has 2 N–H and O–H groups in total. The van der Waals surface area contributed by atoms with Gasteiger partial charge in [-0.1, -0.05) is 19.1 Å². The van der Waals surface area contributed by atoms with Gasteiger partial charge in [-0.15, -0.1) is 0 Å². The molecule has 1 aromatic carbocycles. The molecule has 88 valence electrons. The molecular formula is C12H16FNO2. The number of carboxylic acid groups (broad SMARTS) is 1. The number of rotatable bonds is 5. The molecule has 0 saturated carbocycles. The number of nitrogens with one attached hydrogen (secondary N) is 1. The van der Waals surface area contributed by atoms with Crippen LogP contribution in [0.2, 0.25) is 0 Å². The van der Waals surface area contributed by atoms with E-state index in [0.29, 0.717) is 13.0 Å². The molecule has 1 rings (SSSR count). The predicted molar refractivity (Wildman–Crippen MR) is 59.6 cm³/mol. The molecule has 1 aromatic rings. The largest absolute Gasteiger partial charge is 0.480 e. The number of hydrogen-bond donors (Lipinski definition) is 2. The number of halogens is 1. The van der Waals surface area contributed by atoms with Gasteiger partial charge in [-0.2, -0.15) is 0 Å². The van der Waals surface area contributed by atoms with Crippen LogP contribution in [0.5, 0.6) is 0 Å². The summed E-state index contributed by atoms with van der Waals surface area (Å²) >= 11 is 0. The van der Waals surface area contributed by atoms with Crippen LogP contribution in [0, 0.1) is 5.82 Å². The van der Waals surface area contributed by atoms with Crippen LogP contribution in [-0.2, 0) is 11.3 Å². The van der Waals surface area contributed by atoms with Crippen LogP contribution < -0.4 is 5.32 Å². The van der Waals surface area contributed by atoms with Crippen molar-refractivity contribution in [3.63, 3.8) is 0 Å². The lowest BCUT2D eigenvalue weighted by atomic mass is 9.99. The Hall–Kier alpha value is -1.42. The van der Waals surface area contributed by atoms with E-state index in [1.165, 1.54) is 12.1 Å². The zero-order chi connectivity index (χ0) is 12.2. The first-order chi connectivity index (χ1) is 7.48. The number of carbonyl (C=O) groups is 1. The van der Waals surface area contributed by atoms with Crippen molar-refractivity contribution in [3.8, 4) is 0 Å². The summed E-state index contributed by atoms with van der Waals surface area (Å²) in [5.41, 5.74) is -0.229. The van der Waals surface area contributed by atoms with Crippen LogP contribution >= 0.6 is 0 Å². The summed E-state index contributed by atoms with van der Waals surface area (Å²) in [4.78, 5) is 11.0. The fourth-order valence-corrected chi connectivity index (χ4v) is 1.30. The van der Waals surface area contributed by atoms with Crippen LogP contribution in [0.1, 0.15) is 25.8 Å². The fourth-order valence-electron chi connectivity index (χ4n) is 1.30. The standard InChI is InChI=1S/C12H16FNO2/c1-3-12(2,11(15)16)14-8-9-5-4-6-10(13)7-9/h4-7,14H,3,8H2,1-2H3,(H,15,16). The Labute approximate surface area is 94.3 Å². The number of hydrogen-bond acceptors (Lipinski definition) is 2. The third kappa shape index (κ3) is 3.03. The van der Waals surface area contributed by atoms with E-state index in [4.69, 9.17) is 5.11 Å². The van der Waals surface area contributed by atoms with Crippen LogP contribution in [-0.4, -0.2) is 16.6 Å². The van der Waals surface area contributed by atoms with Gasteiger partial charge in [0.15, 0.2) is 0 Å². The fraction of sp³-hybridized carbons (Fsp3) is 0.417. The van der Waals surface area contributed by atoms with Gasteiger partial charge < -0.3 is 5.11 Å². The van der Waals surface area contributed by atoms with E-state index in [1.807, 2.05) is 0 Å². The zero-order valence-corrected chi connectivity index (χ0v) is 9.46. The van der Waals surface area contributed by atoms with Gasteiger partial charge in [0.05, 0.1) is 0 Å². The summed E-state index contributed by atoms with van der Waals surface area (Å²) in [7, 11) is 0. The van der Waals surface area contributed by atoms with Crippen molar-refractivity contribution in [2.45, 2.75) is 32.4 Å². The maximum absolute atomic E-state index is 12.9. The summed E-state index contributed by atoms with van der Waals surface area (Å²) < 4.78 is 12.9. The summed E-state index contributed by atoms with van der Waals surface area (Å²) in [6.45, 7) is 3.76. The molecular weight excluding hydrogens is 209 g/mol. The van der Waals surface area contributed by atoms with E-state index in [2.05, 4.69) is 5.32 Å². The highest BCUT2D eigenvalue weighted by Gasteiger charge is 2.29. The lowest BCUT2D eigenvalue weighted by molar-refractivity contribution is -0.144. The predicted octanol–water partition coefficient (Wildman–Crippen LogP) is 2.17. The molecule has 0 heterocycles. The molecule has 0 aliphatic rings. The quantitative estimate of drug-likeness (QED) is 0.807. The molecule has 16 heavy (non-hydrogen) atoms. The van der Waals surface area contributed by atoms with Gasteiger partial charge in [0.1, 0.15) is 11.4 Å². The van der Waals surface area contributed by atoms with Gasteiger partial charge >= 0.3 is 5.97 Å².